The molecule has 0 bridgehead atoms. The molecule has 1 rings (SSSR count). The smallest absolute Gasteiger partial charge is 0.246 e. The molecular formula is C13H20ClNO3S. The normalized spacial score (nSPS) is 11.9. The Bertz CT molecular complexity index is 543. The molecule has 0 saturated heterocycles. The average Bonchev–Trinajstić information content (AvgIpc) is 2.38. The number of unbranched alkanes of at least 4 members (excludes halogenated alkanes) is 1. The Hall–Kier alpha value is -0.780. The molecule has 1 aromatic carbocycles. The molecule has 0 atom stereocenters. The molecule has 1 aromatic rings. The van der Waals surface area contributed by atoms with Gasteiger partial charge in [0.15, 0.2) is 0 Å². The van der Waals surface area contributed by atoms with Crippen LogP contribution in [-0.2, 0) is 10.0 Å². The molecule has 0 N–H and O–H groups in total. The maximum absolute atomic E-state index is 12.5. The monoisotopic (exact) mass is 305 g/mol. The minimum absolute atomic E-state index is 0.115. The van der Waals surface area contributed by atoms with E-state index in [4.69, 9.17) is 16.3 Å². The predicted molar refractivity (Wildman–Crippen MR) is 77.5 cm³/mol. The summed E-state index contributed by atoms with van der Waals surface area (Å²) in [4.78, 5) is 0.115. The maximum Gasteiger partial charge on any atom is 0.246 e. The van der Waals surface area contributed by atoms with Crippen molar-refractivity contribution in [2.24, 2.45) is 0 Å². The predicted octanol–water partition coefficient (Wildman–Crippen LogP) is 3.08. The maximum atomic E-state index is 12.5. The standard InChI is InChI=1S/C13H20ClNO3S/c1-5-6-7-15(3)19(16,17)13-9-11(14)10(2)8-12(13)18-4/h8-9H,5-7H2,1-4H3. The number of sulfonamides is 1. The van der Waals surface area contributed by atoms with E-state index in [0.29, 0.717) is 17.3 Å². The van der Waals surface area contributed by atoms with Crippen molar-refractivity contribution >= 4 is 21.6 Å². The minimum Gasteiger partial charge on any atom is -0.495 e. The van der Waals surface area contributed by atoms with E-state index in [-0.39, 0.29) is 4.90 Å². The van der Waals surface area contributed by atoms with Gasteiger partial charge in [-0.25, -0.2) is 12.7 Å². The van der Waals surface area contributed by atoms with Crippen LogP contribution in [0.3, 0.4) is 0 Å². The molecule has 0 radical (unpaired) electrons. The average molecular weight is 306 g/mol. The van der Waals surface area contributed by atoms with Crippen LogP contribution in [0.4, 0.5) is 0 Å². The zero-order valence-corrected chi connectivity index (χ0v) is 13.3. The second-order valence-electron chi connectivity index (χ2n) is 4.43. The van der Waals surface area contributed by atoms with Crippen molar-refractivity contribution < 1.29 is 13.2 Å². The molecule has 0 aliphatic rings. The van der Waals surface area contributed by atoms with Crippen LogP contribution in [0.25, 0.3) is 0 Å². The highest BCUT2D eigenvalue weighted by Gasteiger charge is 2.25. The molecule has 0 aliphatic heterocycles. The summed E-state index contributed by atoms with van der Waals surface area (Å²) in [7, 11) is -0.550. The highest BCUT2D eigenvalue weighted by atomic mass is 35.5. The zero-order valence-electron chi connectivity index (χ0n) is 11.7. The highest BCUT2D eigenvalue weighted by molar-refractivity contribution is 7.89. The van der Waals surface area contributed by atoms with Crippen molar-refractivity contribution in [3.05, 3.63) is 22.7 Å². The van der Waals surface area contributed by atoms with Gasteiger partial charge in [0.1, 0.15) is 10.6 Å². The van der Waals surface area contributed by atoms with Crippen LogP contribution in [0, 0.1) is 6.92 Å². The lowest BCUT2D eigenvalue weighted by Gasteiger charge is -2.19. The van der Waals surface area contributed by atoms with Gasteiger partial charge in [-0.1, -0.05) is 24.9 Å². The third-order valence-electron chi connectivity index (χ3n) is 2.96. The SMILES string of the molecule is CCCCN(C)S(=O)(=O)c1cc(Cl)c(C)cc1OC. The van der Waals surface area contributed by atoms with Gasteiger partial charge in [0.05, 0.1) is 7.11 Å². The lowest BCUT2D eigenvalue weighted by molar-refractivity contribution is 0.397. The fourth-order valence-electron chi connectivity index (χ4n) is 1.67. The number of hydrogen-bond acceptors (Lipinski definition) is 3. The number of aryl methyl sites for hydroxylation is 1. The number of hydrogen-bond donors (Lipinski definition) is 0. The van der Waals surface area contributed by atoms with E-state index in [9.17, 15) is 8.42 Å². The van der Waals surface area contributed by atoms with Gasteiger partial charge < -0.3 is 4.74 Å². The van der Waals surface area contributed by atoms with Gasteiger partial charge >= 0.3 is 0 Å². The molecule has 108 valence electrons. The molecule has 0 spiro atoms. The topological polar surface area (TPSA) is 46.6 Å². The van der Waals surface area contributed by atoms with Crippen molar-refractivity contribution in [2.75, 3.05) is 20.7 Å². The molecule has 0 aliphatic carbocycles. The summed E-state index contributed by atoms with van der Waals surface area (Å²) >= 11 is 6.02. The van der Waals surface area contributed by atoms with E-state index in [1.54, 1.807) is 13.1 Å². The lowest BCUT2D eigenvalue weighted by atomic mass is 10.2. The summed E-state index contributed by atoms with van der Waals surface area (Å²) in [5.74, 6) is 0.324. The second-order valence-corrected chi connectivity index (χ2v) is 6.85. The number of benzene rings is 1. The Kier molecular flexibility index (Phi) is 5.64. The van der Waals surface area contributed by atoms with Gasteiger partial charge in [-0.3, -0.25) is 0 Å². The molecule has 19 heavy (non-hydrogen) atoms. The van der Waals surface area contributed by atoms with E-state index >= 15 is 0 Å². The van der Waals surface area contributed by atoms with Gasteiger partial charge in [-0.05, 0) is 31.0 Å². The number of halogens is 1. The van der Waals surface area contributed by atoms with Crippen molar-refractivity contribution in [2.45, 2.75) is 31.6 Å². The van der Waals surface area contributed by atoms with E-state index < -0.39 is 10.0 Å². The number of ether oxygens (including phenoxy) is 1. The Labute approximate surface area is 120 Å². The molecule has 0 amide bonds. The Morgan fingerprint density at radius 2 is 2.00 bits per heavy atom. The van der Waals surface area contributed by atoms with Crippen molar-refractivity contribution in [1.82, 2.24) is 4.31 Å². The zero-order chi connectivity index (χ0) is 14.6. The minimum atomic E-state index is -3.57. The third kappa shape index (κ3) is 3.61. The molecule has 0 heterocycles. The lowest BCUT2D eigenvalue weighted by Crippen LogP contribution is -2.28. The Balaban J connectivity index is 3.24. The number of methoxy groups -OCH3 is 1. The molecule has 4 nitrogen and oxygen atoms in total. The third-order valence-corrected chi connectivity index (χ3v) is 5.24. The molecule has 6 heteroatoms. The first kappa shape index (κ1) is 16.3. The van der Waals surface area contributed by atoms with Crippen LogP contribution in [0.5, 0.6) is 5.75 Å². The fourth-order valence-corrected chi connectivity index (χ4v) is 3.26. The summed E-state index contributed by atoms with van der Waals surface area (Å²) in [5, 5.41) is 0.420. The number of rotatable bonds is 6. The number of nitrogens with zero attached hydrogens (tertiary/aromatic N) is 1. The van der Waals surface area contributed by atoms with Gasteiger partial charge in [0.25, 0.3) is 0 Å². The molecular weight excluding hydrogens is 286 g/mol. The van der Waals surface area contributed by atoms with Crippen molar-refractivity contribution in [3.8, 4) is 5.75 Å². The summed E-state index contributed by atoms with van der Waals surface area (Å²) in [6.45, 7) is 4.30. The Morgan fingerprint density at radius 3 is 2.53 bits per heavy atom. The van der Waals surface area contributed by atoms with Crippen molar-refractivity contribution in [3.63, 3.8) is 0 Å². The largest absolute Gasteiger partial charge is 0.495 e. The van der Waals surface area contributed by atoms with Crippen LogP contribution >= 0.6 is 11.6 Å². The molecule has 0 saturated carbocycles. The van der Waals surface area contributed by atoms with E-state index in [1.165, 1.54) is 17.5 Å². The Morgan fingerprint density at radius 1 is 1.37 bits per heavy atom. The van der Waals surface area contributed by atoms with Gasteiger partial charge in [-0.15, -0.1) is 0 Å². The van der Waals surface area contributed by atoms with Gasteiger partial charge in [-0.2, -0.15) is 0 Å². The summed E-state index contributed by atoms with van der Waals surface area (Å²) in [6.07, 6.45) is 1.75. The quantitative estimate of drug-likeness (QED) is 0.811. The highest BCUT2D eigenvalue weighted by Crippen LogP contribution is 2.31. The van der Waals surface area contributed by atoms with Gasteiger partial charge in [0.2, 0.25) is 10.0 Å². The van der Waals surface area contributed by atoms with E-state index in [2.05, 4.69) is 0 Å². The van der Waals surface area contributed by atoms with Crippen LogP contribution < -0.4 is 4.74 Å². The van der Waals surface area contributed by atoms with Crippen LogP contribution in [0.15, 0.2) is 17.0 Å². The van der Waals surface area contributed by atoms with Gasteiger partial charge in [0, 0.05) is 18.6 Å². The van der Waals surface area contributed by atoms with Crippen LogP contribution in [0.1, 0.15) is 25.3 Å². The first-order valence-electron chi connectivity index (χ1n) is 6.15. The van der Waals surface area contributed by atoms with Crippen LogP contribution in [0.2, 0.25) is 5.02 Å². The summed E-state index contributed by atoms with van der Waals surface area (Å²) < 4.78 is 31.4. The molecule has 0 fully saturated rings. The fraction of sp³-hybridized carbons (Fsp3) is 0.538. The van der Waals surface area contributed by atoms with Crippen LogP contribution in [-0.4, -0.2) is 33.4 Å². The summed E-state index contributed by atoms with van der Waals surface area (Å²) in [5.41, 5.74) is 0.786. The molecule has 0 unspecified atom stereocenters. The first-order valence-corrected chi connectivity index (χ1v) is 7.96. The van der Waals surface area contributed by atoms with E-state index in [0.717, 1.165) is 18.4 Å². The van der Waals surface area contributed by atoms with Crippen molar-refractivity contribution in [1.29, 1.82) is 0 Å². The van der Waals surface area contributed by atoms with E-state index in [1.807, 2.05) is 13.8 Å². The first-order chi connectivity index (χ1) is 8.84. The molecule has 0 aromatic heterocycles. The second kappa shape index (κ2) is 6.59. The summed E-state index contributed by atoms with van der Waals surface area (Å²) in [6, 6.07) is 3.09.